The van der Waals surface area contributed by atoms with Crippen LogP contribution in [0.1, 0.15) is 76.1 Å². The third kappa shape index (κ3) is 10.4. The summed E-state index contributed by atoms with van der Waals surface area (Å²) in [5, 5.41) is 5.61. The van der Waals surface area contributed by atoms with Crippen LogP contribution < -0.4 is 40.2 Å². The van der Waals surface area contributed by atoms with Crippen molar-refractivity contribution in [1.29, 1.82) is 0 Å². The number of nitrogens with two attached hydrogens (primary N) is 1. The first-order chi connectivity index (χ1) is 33.0. The number of hydrogen-bond acceptors (Lipinski definition) is 15. The van der Waals surface area contributed by atoms with Gasteiger partial charge in [0.25, 0.3) is 0 Å². The number of esters is 2. The van der Waals surface area contributed by atoms with Crippen LogP contribution in [0.4, 0.5) is 14.5 Å². The first kappa shape index (κ1) is 48.1. The average Bonchev–Trinajstić information content (AvgIpc) is 4.09. The number of ether oxygens (including phenoxy) is 6. The standard InChI is InChI=1S/C47H45F2N4O15P/c1-26(18-41(55)52-34-14-9-29-4-3-5-30-19-35(53(42(29)30)44(34)57)43(56)51-27(2)6-17-40(50)54)28-7-12-33(13-8-28)47(48,49)69(60,67-24-65-45(58)31-10-15-36-38(20-31)63-22-61-36)68-25-66-46(59)32-11-16-37-39(21-32)64-23-62-37/h3-5,7-8,10-13,15-16,18,20-21,27,34-35H,6,9,14,17,19,22-25H2,1-2H3,(H2,50,54)(H,51,56)(H,52,55). The van der Waals surface area contributed by atoms with E-state index in [0.717, 1.165) is 23.3 Å². The lowest BCUT2D eigenvalue weighted by Gasteiger charge is -2.28. The van der Waals surface area contributed by atoms with Crippen molar-refractivity contribution in [2.75, 3.05) is 32.1 Å². The van der Waals surface area contributed by atoms with E-state index in [1.165, 1.54) is 66.4 Å². The van der Waals surface area contributed by atoms with Gasteiger partial charge in [-0.15, -0.1) is 0 Å². The lowest BCUT2D eigenvalue weighted by atomic mass is 10.0. The topological polar surface area (TPSA) is 247 Å². The van der Waals surface area contributed by atoms with Gasteiger partial charge in [-0.2, -0.15) is 8.78 Å². The summed E-state index contributed by atoms with van der Waals surface area (Å²) >= 11 is 0. The smallest absolute Gasteiger partial charge is 0.410 e. The van der Waals surface area contributed by atoms with Crippen LogP contribution in [0.3, 0.4) is 0 Å². The minimum Gasteiger partial charge on any atom is -0.454 e. The summed E-state index contributed by atoms with van der Waals surface area (Å²) in [4.78, 5) is 79.6. The number of hydrogen-bond donors (Lipinski definition) is 3. The zero-order valence-corrected chi connectivity index (χ0v) is 37.9. The van der Waals surface area contributed by atoms with E-state index in [-0.39, 0.29) is 61.0 Å². The molecule has 69 heavy (non-hydrogen) atoms. The number of para-hydroxylation sites is 1. The summed E-state index contributed by atoms with van der Waals surface area (Å²) in [6, 6.07) is 15.6. The van der Waals surface area contributed by atoms with Gasteiger partial charge in [0.15, 0.2) is 23.0 Å². The Bertz CT molecular complexity index is 2710. The number of carbonyl (C=O) groups excluding carboxylic acids is 6. The maximum absolute atomic E-state index is 16.4. The molecule has 4 amide bonds. The summed E-state index contributed by atoms with van der Waals surface area (Å²) in [6.07, 6.45) is 2.44. The third-order valence-electron chi connectivity index (χ3n) is 11.7. The van der Waals surface area contributed by atoms with Crippen LogP contribution in [0.25, 0.3) is 5.57 Å². The fraction of sp³-hybridized carbons (Fsp3) is 0.319. The minimum absolute atomic E-state index is 0.0637. The Morgan fingerprint density at radius 3 is 2.00 bits per heavy atom. The van der Waals surface area contributed by atoms with Gasteiger partial charge in [-0.3, -0.25) is 37.7 Å². The number of anilines is 1. The second-order valence-corrected chi connectivity index (χ2v) is 18.4. The molecule has 0 spiro atoms. The Labute approximate surface area is 392 Å². The van der Waals surface area contributed by atoms with E-state index in [0.29, 0.717) is 35.6 Å². The predicted octanol–water partition coefficient (Wildman–Crippen LogP) is 5.61. The summed E-state index contributed by atoms with van der Waals surface area (Å²) in [7, 11) is -5.74. The van der Waals surface area contributed by atoms with Crippen LogP contribution in [-0.4, -0.2) is 80.9 Å². The van der Waals surface area contributed by atoms with Gasteiger partial charge >= 0.3 is 25.2 Å². The Morgan fingerprint density at radius 1 is 0.841 bits per heavy atom. The van der Waals surface area contributed by atoms with Crippen molar-refractivity contribution in [3.63, 3.8) is 0 Å². The molecule has 0 aromatic heterocycles. The maximum atomic E-state index is 16.4. The number of primary amides is 1. The number of nitrogens with zero attached hydrogens (tertiary/aromatic N) is 1. The Hall–Kier alpha value is -7.35. The van der Waals surface area contributed by atoms with Crippen molar-refractivity contribution in [1.82, 2.24) is 10.6 Å². The Balaban J connectivity index is 0.943. The van der Waals surface area contributed by atoms with Gasteiger partial charge < -0.3 is 44.8 Å². The summed E-state index contributed by atoms with van der Waals surface area (Å²) < 4.78 is 87.9. The molecule has 4 aromatic rings. The number of carbonyl (C=O) groups is 6. The summed E-state index contributed by atoms with van der Waals surface area (Å²) in [5.41, 5.74) is 2.64. The van der Waals surface area contributed by atoms with Gasteiger partial charge in [-0.05, 0) is 91.8 Å². The van der Waals surface area contributed by atoms with Crippen molar-refractivity contribution < 1.29 is 79.6 Å². The monoisotopic (exact) mass is 974 g/mol. The first-order valence-corrected chi connectivity index (χ1v) is 23.1. The molecular formula is C47H45F2N4O15P. The van der Waals surface area contributed by atoms with E-state index in [4.69, 9.17) is 43.2 Å². The number of halogens is 2. The molecule has 3 unspecified atom stereocenters. The molecule has 0 saturated carbocycles. The molecule has 4 aliphatic heterocycles. The van der Waals surface area contributed by atoms with E-state index in [9.17, 15) is 33.3 Å². The highest BCUT2D eigenvalue weighted by atomic mass is 31.2. The average molecular weight is 975 g/mol. The second-order valence-electron chi connectivity index (χ2n) is 16.3. The van der Waals surface area contributed by atoms with Crippen LogP contribution in [0, 0.1) is 0 Å². The van der Waals surface area contributed by atoms with Gasteiger partial charge in [-0.1, -0.05) is 42.5 Å². The number of allylic oxidation sites excluding steroid dienone is 1. The molecule has 4 aromatic carbocycles. The lowest BCUT2D eigenvalue weighted by Crippen LogP contribution is -2.55. The van der Waals surface area contributed by atoms with Gasteiger partial charge in [0, 0.05) is 30.5 Å². The van der Waals surface area contributed by atoms with Crippen molar-refractivity contribution in [2.45, 2.75) is 69.7 Å². The van der Waals surface area contributed by atoms with E-state index in [1.54, 1.807) is 6.92 Å². The fourth-order valence-corrected chi connectivity index (χ4v) is 9.29. The molecule has 0 bridgehead atoms. The zero-order chi connectivity index (χ0) is 49.0. The van der Waals surface area contributed by atoms with E-state index in [2.05, 4.69) is 10.6 Å². The number of fused-ring (bicyclic) bond motifs is 2. The molecular weight excluding hydrogens is 929 g/mol. The van der Waals surface area contributed by atoms with E-state index in [1.807, 2.05) is 18.2 Å². The first-order valence-electron chi connectivity index (χ1n) is 21.5. The van der Waals surface area contributed by atoms with Gasteiger partial charge in [0.2, 0.25) is 50.8 Å². The third-order valence-corrected chi connectivity index (χ3v) is 13.5. The lowest BCUT2D eigenvalue weighted by molar-refractivity contribution is -0.128. The van der Waals surface area contributed by atoms with Crippen LogP contribution in [-0.2, 0) is 60.8 Å². The molecule has 4 aliphatic rings. The Kier molecular flexibility index (Phi) is 14.0. The van der Waals surface area contributed by atoms with E-state index < -0.39 is 86.1 Å². The molecule has 8 rings (SSSR count). The molecule has 4 heterocycles. The SMILES string of the molecule is CC(=CC(=O)NC1CCc2cccc3c2N(C1=O)C(C(=O)NC(C)CCC(N)=O)C3)c1ccc(C(F)(F)P(=O)(OCOC(=O)c2ccc3c(c2)OCO3)OCOC(=O)c2ccc3c(c2)OCO3)cc1. The number of aryl methyl sites for hydroxylation is 1. The highest BCUT2D eigenvalue weighted by Crippen LogP contribution is 2.67. The number of nitrogens with one attached hydrogen (secondary N) is 2. The van der Waals surface area contributed by atoms with Crippen LogP contribution in [0.2, 0.25) is 0 Å². The van der Waals surface area contributed by atoms with Crippen LogP contribution >= 0.6 is 7.60 Å². The minimum atomic E-state index is -5.74. The summed E-state index contributed by atoms with van der Waals surface area (Å²) in [6.45, 7) is 0.532. The molecule has 0 saturated heterocycles. The normalized spacial score (nSPS) is 17.4. The second kappa shape index (κ2) is 20.1. The molecule has 0 fully saturated rings. The Morgan fingerprint density at radius 2 is 1.41 bits per heavy atom. The highest BCUT2D eigenvalue weighted by molar-refractivity contribution is 7.54. The molecule has 0 radical (unpaired) electrons. The molecule has 362 valence electrons. The van der Waals surface area contributed by atoms with Crippen molar-refractivity contribution in [2.24, 2.45) is 5.73 Å². The zero-order valence-electron chi connectivity index (χ0n) is 37.0. The van der Waals surface area contributed by atoms with Crippen molar-refractivity contribution in [3.05, 3.63) is 118 Å². The fourth-order valence-electron chi connectivity index (χ4n) is 8.04. The number of benzene rings is 4. The van der Waals surface area contributed by atoms with Crippen LogP contribution in [0.15, 0.2) is 84.9 Å². The van der Waals surface area contributed by atoms with Gasteiger partial charge in [0.1, 0.15) is 12.1 Å². The number of rotatable bonds is 18. The molecule has 0 aliphatic carbocycles. The van der Waals surface area contributed by atoms with Crippen LogP contribution in [0.5, 0.6) is 23.0 Å². The van der Waals surface area contributed by atoms with Crippen molar-refractivity contribution in [3.8, 4) is 23.0 Å². The molecule has 4 N–H and O–H groups in total. The number of alkyl halides is 2. The highest BCUT2D eigenvalue weighted by Gasteiger charge is 2.56. The summed E-state index contributed by atoms with van der Waals surface area (Å²) in [5.74, 6) is -3.00. The van der Waals surface area contributed by atoms with E-state index >= 15 is 8.78 Å². The molecule has 19 nitrogen and oxygen atoms in total. The molecule has 3 atom stereocenters. The maximum Gasteiger partial charge on any atom is 0.410 e. The number of amides is 4. The van der Waals surface area contributed by atoms with Crippen molar-refractivity contribution >= 4 is 54.4 Å². The van der Waals surface area contributed by atoms with Gasteiger partial charge in [-0.25, -0.2) is 9.59 Å². The van der Waals surface area contributed by atoms with Gasteiger partial charge in [0.05, 0.1) is 16.8 Å². The largest absolute Gasteiger partial charge is 0.454 e. The quantitative estimate of drug-likeness (QED) is 0.0475. The predicted molar refractivity (Wildman–Crippen MR) is 237 cm³/mol. The molecule has 22 heteroatoms.